The minimum Gasteiger partial charge on any atom is -0.507 e. The lowest BCUT2D eigenvalue weighted by molar-refractivity contribution is -0.140. The van der Waals surface area contributed by atoms with Crippen molar-refractivity contribution in [3.8, 4) is 5.75 Å². The van der Waals surface area contributed by atoms with Gasteiger partial charge in [-0.3, -0.25) is 9.59 Å². The van der Waals surface area contributed by atoms with Crippen LogP contribution in [0.25, 0.3) is 5.76 Å². The zero-order chi connectivity index (χ0) is 21.8. The largest absolute Gasteiger partial charge is 0.507 e. The molecule has 0 bridgehead atoms. The number of aliphatic hydroxyl groups excluding tert-OH is 1. The molecule has 1 saturated heterocycles. The molecule has 30 heavy (non-hydrogen) atoms. The van der Waals surface area contributed by atoms with Gasteiger partial charge in [0.25, 0.3) is 11.7 Å². The van der Waals surface area contributed by atoms with E-state index < -0.39 is 17.7 Å². The van der Waals surface area contributed by atoms with Gasteiger partial charge < -0.3 is 19.5 Å². The van der Waals surface area contributed by atoms with E-state index in [1.807, 2.05) is 13.8 Å². The van der Waals surface area contributed by atoms with Crippen molar-refractivity contribution in [2.75, 3.05) is 20.3 Å². The van der Waals surface area contributed by atoms with E-state index in [1.165, 1.54) is 4.90 Å². The van der Waals surface area contributed by atoms with E-state index in [4.69, 9.17) is 21.1 Å². The third-order valence-corrected chi connectivity index (χ3v) is 5.10. The third kappa shape index (κ3) is 4.50. The topological polar surface area (TPSA) is 76.1 Å². The minimum atomic E-state index is -0.758. The average molecular weight is 430 g/mol. The quantitative estimate of drug-likeness (QED) is 0.405. The van der Waals surface area contributed by atoms with Crippen molar-refractivity contribution in [1.29, 1.82) is 0 Å². The van der Waals surface area contributed by atoms with Crippen LogP contribution < -0.4 is 4.74 Å². The molecule has 1 amide bonds. The van der Waals surface area contributed by atoms with Crippen LogP contribution in [0.4, 0.5) is 0 Å². The van der Waals surface area contributed by atoms with Gasteiger partial charge in [0.05, 0.1) is 31.4 Å². The molecule has 2 aromatic rings. The van der Waals surface area contributed by atoms with Crippen molar-refractivity contribution >= 4 is 29.1 Å². The van der Waals surface area contributed by atoms with Crippen LogP contribution in [-0.4, -0.2) is 48.1 Å². The number of amides is 1. The van der Waals surface area contributed by atoms with Crippen LogP contribution in [-0.2, 0) is 14.3 Å². The molecule has 2 aromatic carbocycles. The number of ketones is 1. The van der Waals surface area contributed by atoms with Gasteiger partial charge in [-0.1, -0.05) is 23.7 Å². The lowest BCUT2D eigenvalue weighted by Crippen LogP contribution is -2.33. The molecule has 1 N–H and O–H groups in total. The summed E-state index contributed by atoms with van der Waals surface area (Å²) in [6, 6.07) is 12.8. The van der Waals surface area contributed by atoms with Gasteiger partial charge in [0, 0.05) is 17.1 Å². The van der Waals surface area contributed by atoms with Gasteiger partial charge in [-0.05, 0) is 55.8 Å². The summed E-state index contributed by atoms with van der Waals surface area (Å²) < 4.78 is 10.9. The SMILES string of the molecule is COc1cccc(C2/C(=C(/O)c3ccc(Cl)cc3)C(=O)C(=O)N2CCOC(C)C)c1. The fourth-order valence-corrected chi connectivity index (χ4v) is 3.54. The Morgan fingerprint density at radius 1 is 1.17 bits per heavy atom. The average Bonchev–Trinajstić information content (AvgIpc) is 2.98. The molecule has 1 heterocycles. The number of Topliss-reactive ketones (excluding diaryl/α,β-unsaturated/α-hetero) is 1. The molecule has 158 valence electrons. The predicted octanol–water partition coefficient (Wildman–Crippen LogP) is 4.20. The van der Waals surface area contributed by atoms with E-state index >= 15 is 0 Å². The van der Waals surface area contributed by atoms with Gasteiger partial charge in [-0.25, -0.2) is 0 Å². The Bertz CT molecular complexity index is 968. The molecule has 1 fully saturated rings. The van der Waals surface area contributed by atoms with Crippen molar-refractivity contribution in [1.82, 2.24) is 4.90 Å². The first-order chi connectivity index (χ1) is 14.3. The second-order valence-electron chi connectivity index (χ2n) is 7.20. The highest BCUT2D eigenvalue weighted by molar-refractivity contribution is 6.46. The van der Waals surface area contributed by atoms with Crippen LogP contribution in [0.2, 0.25) is 5.02 Å². The predicted molar refractivity (Wildman–Crippen MR) is 115 cm³/mol. The van der Waals surface area contributed by atoms with Crippen LogP contribution in [0.1, 0.15) is 31.0 Å². The standard InChI is InChI=1S/C23H24ClNO5/c1-14(2)30-12-11-25-20(16-5-4-6-18(13-16)29-3)19(22(27)23(25)28)21(26)15-7-9-17(24)10-8-15/h4-10,13-14,20,26H,11-12H2,1-3H3/b21-19-. The first-order valence-corrected chi connectivity index (χ1v) is 10.0. The van der Waals surface area contributed by atoms with Gasteiger partial charge in [-0.15, -0.1) is 0 Å². The summed E-state index contributed by atoms with van der Waals surface area (Å²) in [7, 11) is 1.54. The Balaban J connectivity index is 2.10. The highest BCUT2D eigenvalue weighted by Gasteiger charge is 2.46. The van der Waals surface area contributed by atoms with Gasteiger partial charge >= 0.3 is 0 Å². The summed E-state index contributed by atoms with van der Waals surface area (Å²) in [5, 5.41) is 11.5. The smallest absolute Gasteiger partial charge is 0.295 e. The number of carbonyl (C=O) groups is 2. The van der Waals surface area contributed by atoms with Crippen molar-refractivity contribution in [3.63, 3.8) is 0 Å². The molecule has 0 saturated carbocycles. The molecule has 1 aliphatic rings. The molecule has 0 aromatic heterocycles. The zero-order valence-corrected chi connectivity index (χ0v) is 17.8. The number of nitrogens with zero attached hydrogens (tertiary/aromatic N) is 1. The number of halogens is 1. The van der Waals surface area contributed by atoms with Crippen LogP contribution in [0.5, 0.6) is 5.75 Å². The van der Waals surface area contributed by atoms with E-state index in [-0.39, 0.29) is 30.6 Å². The summed E-state index contributed by atoms with van der Waals surface area (Å²) >= 11 is 5.94. The van der Waals surface area contributed by atoms with Crippen LogP contribution >= 0.6 is 11.6 Å². The van der Waals surface area contributed by atoms with Crippen LogP contribution in [0, 0.1) is 0 Å². The molecular weight excluding hydrogens is 406 g/mol. The van der Waals surface area contributed by atoms with E-state index in [2.05, 4.69) is 0 Å². The number of hydrogen-bond acceptors (Lipinski definition) is 5. The minimum absolute atomic E-state index is 0.00819. The number of aliphatic hydroxyl groups is 1. The van der Waals surface area contributed by atoms with Gasteiger partial charge in [0.1, 0.15) is 11.5 Å². The maximum Gasteiger partial charge on any atom is 0.295 e. The molecule has 1 aliphatic heterocycles. The molecule has 3 rings (SSSR count). The number of methoxy groups -OCH3 is 1. The number of ether oxygens (including phenoxy) is 2. The fraction of sp³-hybridized carbons (Fsp3) is 0.304. The van der Waals surface area contributed by atoms with Crippen molar-refractivity contribution in [3.05, 3.63) is 70.3 Å². The van der Waals surface area contributed by atoms with E-state index in [9.17, 15) is 14.7 Å². The fourth-order valence-electron chi connectivity index (χ4n) is 3.42. The Morgan fingerprint density at radius 2 is 1.87 bits per heavy atom. The maximum atomic E-state index is 12.9. The molecule has 6 nitrogen and oxygen atoms in total. The van der Waals surface area contributed by atoms with Gasteiger partial charge in [0.15, 0.2) is 0 Å². The molecule has 1 unspecified atom stereocenters. The molecule has 0 spiro atoms. The summed E-state index contributed by atoms with van der Waals surface area (Å²) in [5.74, 6) is -1.07. The van der Waals surface area contributed by atoms with Crippen molar-refractivity contribution in [2.45, 2.75) is 26.0 Å². The number of rotatable bonds is 7. The van der Waals surface area contributed by atoms with Crippen LogP contribution in [0.15, 0.2) is 54.1 Å². The Hall–Kier alpha value is -2.83. The first-order valence-electron chi connectivity index (χ1n) is 9.63. The van der Waals surface area contributed by atoms with Gasteiger partial charge in [0.2, 0.25) is 0 Å². The maximum absolute atomic E-state index is 12.9. The Morgan fingerprint density at radius 3 is 2.50 bits per heavy atom. The number of benzene rings is 2. The number of hydrogen-bond donors (Lipinski definition) is 1. The summed E-state index contributed by atoms with van der Waals surface area (Å²) in [6.45, 7) is 4.27. The third-order valence-electron chi connectivity index (χ3n) is 4.85. The monoisotopic (exact) mass is 429 g/mol. The highest BCUT2D eigenvalue weighted by Crippen LogP contribution is 2.40. The lowest BCUT2D eigenvalue weighted by Gasteiger charge is -2.26. The highest BCUT2D eigenvalue weighted by atomic mass is 35.5. The summed E-state index contributed by atoms with van der Waals surface area (Å²) in [6.07, 6.45) is -0.00819. The Kier molecular flexibility index (Phi) is 6.80. The zero-order valence-electron chi connectivity index (χ0n) is 17.1. The van der Waals surface area contributed by atoms with Gasteiger partial charge in [-0.2, -0.15) is 0 Å². The summed E-state index contributed by atoms with van der Waals surface area (Å²) in [4.78, 5) is 27.2. The number of carbonyl (C=O) groups excluding carboxylic acids is 2. The van der Waals surface area contributed by atoms with Crippen molar-refractivity contribution < 1.29 is 24.2 Å². The lowest BCUT2D eigenvalue weighted by atomic mass is 9.95. The Labute approximate surface area is 180 Å². The van der Waals surface area contributed by atoms with E-state index in [0.29, 0.717) is 21.9 Å². The molecule has 1 atom stereocenters. The second kappa shape index (κ2) is 9.32. The molecular formula is C23H24ClNO5. The molecule has 0 radical (unpaired) electrons. The van der Waals surface area contributed by atoms with Crippen LogP contribution in [0.3, 0.4) is 0 Å². The van der Waals surface area contributed by atoms with E-state index in [1.54, 1.807) is 55.6 Å². The second-order valence-corrected chi connectivity index (χ2v) is 7.63. The number of likely N-dealkylation sites (tertiary alicyclic amines) is 1. The van der Waals surface area contributed by atoms with E-state index in [0.717, 1.165) is 0 Å². The molecule has 0 aliphatic carbocycles. The normalized spacial score (nSPS) is 18.3. The summed E-state index contributed by atoms with van der Waals surface area (Å²) in [5.41, 5.74) is 1.09. The first kappa shape index (κ1) is 21.9. The molecule has 7 heteroatoms. The van der Waals surface area contributed by atoms with Crippen molar-refractivity contribution in [2.24, 2.45) is 0 Å².